The van der Waals surface area contributed by atoms with Crippen LogP contribution in [0.1, 0.15) is 15.9 Å². The molecule has 0 spiro atoms. The molecule has 0 radical (unpaired) electrons. The van der Waals surface area contributed by atoms with E-state index in [1.54, 1.807) is 6.07 Å². The van der Waals surface area contributed by atoms with Crippen LogP contribution in [-0.2, 0) is 0 Å². The summed E-state index contributed by atoms with van der Waals surface area (Å²) in [4.78, 5) is 12.3. The van der Waals surface area contributed by atoms with Gasteiger partial charge in [-0.05, 0) is 35.9 Å². The zero-order valence-electron chi connectivity index (χ0n) is 10.1. The van der Waals surface area contributed by atoms with Crippen molar-refractivity contribution in [3.05, 3.63) is 69.7 Å². The predicted octanol–water partition coefficient (Wildman–Crippen LogP) is 4.11. The molecule has 0 atom stereocenters. The van der Waals surface area contributed by atoms with Gasteiger partial charge in [0.05, 0.1) is 5.56 Å². The predicted molar refractivity (Wildman–Crippen MR) is 78.4 cm³/mol. The second kappa shape index (κ2) is 5.02. The summed E-state index contributed by atoms with van der Waals surface area (Å²) in [6, 6.07) is 15.2. The van der Waals surface area contributed by atoms with E-state index < -0.39 is 0 Å². The SMILES string of the molecule is O=C1C(=Cc2ccc(Br)cc2)COc2ccccc21. The number of carbonyl (C=O) groups is 1. The maximum atomic E-state index is 12.3. The smallest absolute Gasteiger partial charge is 0.196 e. The van der Waals surface area contributed by atoms with Crippen LogP contribution in [0.4, 0.5) is 0 Å². The summed E-state index contributed by atoms with van der Waals surface area (Å²) in [5, 5.41) is 0. The van der Waals surface area contributed by atoms with Gasteiger partial charge in [-0.3, -0.25) is 4.79 Å². The molecule has 94 valence electrons. The van der Waals surface area contributed by atoms with Gasteiger partial charge in [-0.15, -0.1) is 0 Å². The van der Waals surface area contributed by atoms with Crippen LogP contribution in [0.25, 0.3) is 6.08 Å². The molecule has 2 aromatic carbocycles. The standard InChI is InChI=1S/C16H11BrO2/c17-13-7-5-11(6-8-13)9-12-10-19-15-4-2-1-3-14(15)16(12)18/h1-9H,10H2. The minimum absolute atomic E-state index is 0.0461. The number of ether oxygens (including phenoxy) is 1. The number of carbonyl (C=O) groups excluding carboxylic acids is 1. The fourth-order valence-electron chi connectivity index (χ4n) is 2.04. The third kappa shape index (κ3) is 2.47. The highest BCUT2D eigenvalue weighted by atomic mass is 79.9. The van der Waals surface area contributed by atoms with Gasteiger partial charge in [0.25, 0.3) is 0 Å². The quantitative estimate of drug-likeness (QED) is 0.740. The molecule has 1 aliphatic rings. The molecule has 2 aromatic rings. The highest BCUT2D eigenvalue weighted by Gasteiger charge is 2.22. The topological polar surface area (TPSA) is 26.3 Å². The summed E-state index contributed by atoms with van der Waals surface area (Å²) < 4.78 is 6.62. The van der Waals surface area contributed by atoms with E-state index in [1.807, 2.05) is 48.5 Å². The molecule has 0 aromatic heterocycles. The highest BCUT2D eigenvalue weighted by Crippen LogP contribution is 2.27. The second-order valence-electron chi connectivity index (χ2n) is 4.34. The lowest BCUT2D eigenvalue weighted by atomic mass is 9.98. The lowest BCUT2D eigenvalue weighted by Gasteiger charge is -2.18. The van der Waals surface area contributed by atoms with Crippen molar-refractivity contribution in [1.29, 1.82) is 0 Å². The van der Waals surface area contributed by atoms with Crippen molar-refractivity contribution in [3.8, 4) is 5.75 Å². The van der Waals surface area contributed by atoms with Gasteiger partial charge in [0, 0.05) is 10.0 Å². The number of fused-ring (bicyclic) bond motifs is 1. The van der Waals surface area contributed by atoms with Crippen LogP contribution in [0.15, 0.2) is 58.6 Å². The van der Waals surface area contributed by atoms with Gasteiger partial charge >= 0.3 is 0 Å². The molecule has 0 N–H and O–H groups in total. The molecule has 0 aliphatic carbocycles. The van der Waals surface area contributed by atoms with Crippen LogP contribution in [0.2, 0.25) is 0 Å². The largest absolute Gasteiger partial charge is 0.488 e. The van der Waals surface area contributed by atoms with Crippen molar-refractivity contribution in [1.82, 2.24) is 0 Å². The number of Topliss-reactive ketones (excluding diaryl/α,β-unsaturated/α-hetero) is 1. The Morgan fingerprint density at radius 2 is 1.79 bits per heavy atom. The average molecular weight is 315 g/mol. The second-order valence-corrected chi connectivity index (χ2v) is 5.25. The van der Waals surface area contributed by atoms with Crippen molar-refractivity contribution < 1.29 is 9.53 Å². The van der Waals surface area contributed by atoms with Crippen LogP contribution in [0.5, 0.6) is 5.75 Å². The lowest BCUT2D eigenvalue weighted by Crippen LogP contribution is -2.18. The Bertz CT molecular complexity index is 657. The minimum Gasteiger partial charge on any atom is -0.488 e. The van der Waals surface area contributed by atoms with Crippen LogP contribution >= 0.6 is 15.9 Å². The zero-order valence-corrected chi connectivity index (χ0v) is 11.7. The maximum absolute atomic E-state index is 12.3. The molecule has 19 heavy (non-hydrogen) atoms. The first-order valence-corrected chi connectivity index (χ1v) is 6.76. The number of rotatable bonds is 1. The van der Waals surface area contributed by atoms with Gasteiger partial charge in [0.1, 0.15) is 12.4 Å². The lowest BCUT2D eigenvalue weighted by molar-refractivity contribution is 0.100. The Labute approximate surface area is 119 Å². The molecule has 0 amide bonds. The van der Waals surface area contributed by atoms with Gasteiger partial charge in [-0.1, -0.05) is 40.2 Å². The van der Waals surface area contributed by atoms with E-state index in [2.05, 4.69) is 15.9 Å². The Hall–Kier alpha value is -1.87. The van der Waals surface area contributed by atoms with Crippen molar-refractivity contribution in [2.24, 2.45) is 0 Å². The fraction of sp³-hybridized carbons (Fsp3) is 0.0625. The number of halogens is 1. The Morgan fingerprint density at radius 3 is 2.58 bits per heavy atom. The van der Waals surface area contributed by atoms with E-state index in [0.717, 1.165) is 10.0 Å². The third-order valence-electron chi connectivity index (χ3n) is 3.02. The summed E-state index contributed by atoms with van der Waals surface area (Å²) in [6.07, 6.45) is 1.88. The van der Waals surface area contributed by atoms with Crippen molar-refractivity contribution >= 4 is 27.8 Å². The Kier molecular flexibility index (Phi) is 3.22. The summed E-state index contributed by atoms with van der Waals surface area (Å²) in [5.41, 5.74) is 2.31. The highest BCUT2D eigenvalue weighted by molar-refractivity contribution is 9.10. The number of hydrogen-bond donors (Lipinski definition) is 0. The van der Waals surface area contributed by atoms with Crippen LogP contribution in [0.3, 0.4) is 0 Å². The van der Waals surface area contributed by atoms with Gasteiger partial charge in [0.2, 0.25) is 0 Å². The molecule has 3 rings (SSSR count). The van der Waals surface area contributed by atoms with Gasteiger partial charge < -0.3 is 4.74 Å². The third-order valence-corrected chi connectivity index (χ3v) is 3.55. The molecular weight excluding hydrogens is 304 g/mol. The summed E-state index contributed by atoms with van der Waals surface area (Å²) >= 11 is 3.39. The molecule has 1 heterocycles. The number of ketones is 1. The Balaban J connectivity index is 1.96. The Morgan fingerprint density at radius 1 is 1.05 bits per heavy atom. The minimum atomic E-state index is 0.0461. The number of hydrogen-bond acceptors (Lipinski definition) is 2. The summed E-state index contributed by atoms with van der Waals surface area (Å²) in [7, 11) is 0. The van der Waals surface area contributed by atoms with Gasteiger partial charge in [-0.2, -0.15) is 0 Å². The van der Waals surface area contributed by atoms with E-state index in [1.165, 1.54) is 0 Å². The molecule has 0 bridgehead atoms. The molecule has 1 aliphatic heterocycles. The molecule has 0 fully saturated rings. The van der Waals surface area contributed by atoms with Crippen LogP contribution in [0, 0.1) is 0 Å². The molecule has 3 heteroatoms. The van der Waals surface area contributed by atoms with E-state index in [0.29, 0.717) is 23.5 Å². The van der Waals surface area contributed by atoms with E-state index in [9.17, 15) is 4.79 Å². The summed E-state index contributed by atoms with van der Waals surface area (Å²) in [5.74, 6) is 0.713. The molecule has 0 saturated heterocycles. The fourth-order valence-corrected chi connectivity index (χ4v) is 2.31. The van der Waals surface area contributed by atoms with Crippen LogP contribution < -0.4 is 4.74 Å². The number of para-hydroxylation sites is 1. The maximum Gasteiger partial charge on any atom is 0.196 e. The molecule has 0 unspecified atom stereocenters. The van der Waals surface area contributed by atoms with Crippen molar-refractivity contribution in [2.75, 3.05) is 6.61 Å². The molecule has 2 nitrogen and oxygen atoms in total. The molecule has 0 saturated carbocycles. The van der Waals surface area contributed by atoms with Gasteiger partial charge in [-0.25, -0.2) is 0 Å². The first-order chi connectivity index (χ1) is 9.24. The zero-order chi connectivity index (χ0) is 13.2. The van der Waals surface area contributed by atoms with Crippen LogP contribution in [-0.4, -0.2) is 12.4 Å². The van der Waals surface area contributed by atoms with Crippen molar-refractivity contribution in [2.45, 2.75) is 0 Å². The average Bonchev–Trinajstić information content (AvgIpc) is 2.45. The van der Waals surface area contributed by atoms with E-state index in [4.69, 9.17) is 4.74 Å². The summed E-state index contributed by atoms with van der Waals surface area (Å²) in [6.45, 7) is 0.325. The molecular formula is C16H11BrO2. The first kappa shape index (κ1) is 12.2. The monoisotopic (exact) mass is 314 g/mol. The normalized spacial score (nSPS) is 16.1. The van der Waals surface area contributed by atoms with Crippen molar-refractivity contribution in [3.63, 3.8) is 0 Å². The number of benzene rings is 2. The van der Waals surface area contributed by atoms with Gasteiger partial charge in [0.15, 0.2) is 5.78 Å². The first-order valence-electron chi connectivity index (χ1n) is 5.97. The van der Waals surface area contributed by atoms with E-state index in [-0.39, 0.29) is 5.78 Å². The van der Waals surface area contributed by atoms with E-state index >= 15 is 0 Å².